The van der Waals surface area contributed by atoms with E-state index in [9.17, 15) is 23.1 Å². The summed E-state index contributed by atoms with van der Waals surface area (Å²) >= 11 is 0. The minimum Gasteiger partial charge on any atom is -1.00 e. The Kier molecular flexibility index (Phi) is 19.0. The summed E-state index contributed by atoms with van der Waals surface area (Å²) in [6.45, 7) is 16.1. The van der Waals surface area contributed by atoms with Crippen LogP contribution < -0.4 is 27.9 Å². The fourth-order valence-electron chi connectivity index (χ4n) is 6.54. The molecular weight excluding hydrogens is 773 g/mol. The van der Waals surface area contributed by atoms with E-state index in [1.807, 2.05) is 12.1 Å². The van der Waals surface area contributed by atoms with Crippen LogP contribution in [-0.2, 0) is 46.9 Å². The Morgan fingerprint density at radius 3 is 1.55 bits per heavy atom. The molecule has 0 atom stereocenters. The molecule has 6 rings (SSSR count). The predicted molar refractivity (Wildman–Crippen MR) is 196 cm³/mol. The Hall–Kier alpha value is -1.85. The minimum atomic E-state index is -4.41. The van der Waals surface area contributed by atoms with Crippen molar-refractivity contribution in [3.05, 3.63) is 57.6 Å². The first-order valence-electron chi connectivity index (χ1n) is 16.8. The van der Waals surface area contributed by atoms with Crippen molar-refractivity contribution in [3.63, 3.8) is 0 Å². The molecule has 4 heterocycles. The van der Waals surface area contributed by atoms with E-state index in [1.165, 1.54) is 73.5 Å². The van der Waals surface area contributed by atoms with Crippen LogP contribution in [0.25, 0.3) is 0 Å². The van der Waals surface area contributed by atoms with Crippen molar-refractivity contribution >= 4 is 45.6 Å². The number of hydrogen-bond donors (Lipinski definition) is 1. The van der Waals surface area contributed by atoms with Crippen molar-refractivity contribution in [2.45, 2.75) is 12.8 Å². The molecule has 0 bridgehead atoms. The van der Waals surface area contributed by atoms with Crippen LogP contribution in [-0.4, -0.2) is 164 Å². The molecule has 14 nitrogen and oxygen atoms in total. The Labute approximate surface area is 329 Å². The van der Waals surface area contributed by atoms with Crippen LogP contribution in [0.1, 0.15) is 11.1 Å². The van der Waals surface area contributed by atoms with Gasteiger partial charge in [-0.3, -0.25) is 24.1 Å². The average molecular weight is 829 g/mol. The molecule has 0 radical (unpaired) electrons. The number of nitrogen functional groups attached to an aromatic ring is 1. The van der Waals surface area contributed by atoms with E-state index in [0.29, 0.717) is 0 Å². The number of nitro groups is 1. The smallest absolute Gasteiger partial charge is 0.271 e. The second-order valence-corrected chi connectivity index (χ2v) is 15.6. The Morgan fingerprint density at radius 1 is 0.765 bits per heavy atom. The van der Waals surface area contributed by atoms with Gasteiger partial charge in [0.15, 0.2) is 0 Å². The molecule has 2 fully saturated rings. The van der Waals surface area contributed by atoms with Gasteiger partial charge >= 0.3 is 0 Å². The fourth-order valence-corrected chi connectivity index (χ4v) is 6.54. The van der Waals surface area contributed by atoms with E-state index >= 15 is 0 Å². The number of non-ortho nitro benzene ring substituents is 1. The summed E-state index contributed by atoms with van der Waals surface area (Å²) in [7, 11) is 5.63. The minimum absolute atomic E-state index is 0. The normalized spacial score (nSPS) is 19.0. The standard InChI is InChI=1S/C16H25N4O2.C16H27N4.CH4O4S.2ClH.Zn/c1-20(2)11-9-17(10-12-20)7-8-18-6-5-14-3-4-15(19(21)22)13-16(14)18;1-20(2)11-9-18(10-12-20)7-8-19-6-5-14-3-4-15(17)13-16(14)19;1-5-6(2,3)4;;;/h3-4,13H,5-12H2,1-2H3;3-4,13H,5-12,17H2,1-2H3;1H3,(H,2,3,4);2*1H;/q2*+1;;;;/p-2. The zero-order chi connectivity index (χ0) is 35.1. The number of quaternary nitrogens is 2. The van der Waals surface area contributed by atoms with Crippen LogP contribution >= 0.6 is 12.4 Å². The van der Waals surface area contributed by atoms with Crippen molar-refractivity contribution in [1.82, 2.24) is 9.80 Å². The van der Waals surface area contributed by atoms with Crippen LogP contribution in [0.15, 0.2) is 36.4 Å². The number of anilines is 3. The van der Waals surface area contributed by atoms with Crippen molar-refractivity contribution in [2.24, 2.45) is 0 Å². The largest absolute Gasteiger partial charge is 1.00 e. The monoisotopic (exact) mass is 826 g/mol. The summed E-state index contributed by atoms with van der Waals surface area (Å²) in [4.78, 5) is 20.6. The SMILES string of the molecule is COS(=O)(=O)[O-].C[N+]1(C)CCN(CCN2CCc3ccc(N)cc32)CC1.C[N+]1(C)CCN(CCN2CCc3ccc([N+](=O)[O-])cc32)CC1.Cl.[Cl-].[Zn]. The molecule has 0 aliphatic carbocycles. The Balaban J connectivity index is 0.000000420. The third-order valence-electron chi connectivity index (χ3n) is 10.0. The molecule has 18 heteroatoms. The maximum atomic E-state index is 11.0. The number of benzene rings is 2. The van der Waals surface area contributed by atoms with Gasteiger partial charge in [0.1, 0.15) is 0 Å². The molecule has 4 aliphatic heterocycles. The molecule has 2 N–H and O–H groups in total. The van der Waals surface area contributed by atoms with Crippen molar-refractivity contribution < 1.29 is 62.9 Å². The number of rotatable bonds is 8. The Morgan fingerprint density at radius 2 is 1.16 bits per heavy atom. The average Bonchev–Trinajstić information content (AvgIpc) is 3.63. The van der Waals surface area contributed by atoms with Gasteiger partial charge in [0.25, 0.3) is 5.69 Å². The maximum Gasteiger partial charge on any atom is 0.271 e. The van der Waals surface area contributed by atoms with Gasteiger partial charge in [-0.25, -0.2) is 8.42 Å². The molecular formula is C33H56Cl2N8O6SZn. The molecule has 2 aromatic rings. The van der Waals surface area contributed by atoms with Crippen LogP contribution in [0.3, 0.4) is 0 Å². The van der Waals surface area contributed by atoms with Gasteiger partial charge < -0.3 is 41.5 Å². The van der Waals surface area contributed by atoms with Crippen molar-refractivity contribution in [1.29, 1.82) is 0 Å². The first-order chi connectivity index (χ1) is 22.5. The van der Waals surface area contributed by atoms with E-state index in [-0.39, 0.29) is 54.9 Å². The molecule has 2 aromatic carbocycles. The first kappa shape index (κ1) is 47.2. The van der Waals surface area contributed by atoms with Gasteiger partial charge in [0.2, 0.25) is 10.4 Å². The molecule has 4 aliphatic rings. The number of fused-ring (bicyclic) bond motifs is 2. The first-order valence-corrected chi connectivity index (χ1v) is 18.1. The van der Waals surface area contributed by atoms with E-state index in [1.54, 1.807) is 12.1 Å². The van der Waals surface area contributed by atoms with Gasteiger partial charge in [-0.1, -0.05) is 12.1 Å². The van der Waals surface area contributed by atoms with Crippen LogP contribution in [0.4, 0.5) is 22.7 Å². The van der Waals surface area contributed by atoms with E-state index < -0.39 is 10.4 Å². The van der Waals surface area contributed by atoms with E-state index in [4.69, 9.17) is 5.73 Å². The van der Waals surface area contributed by atoms with Crippen LogP contribution in [0.2, 0.25) is 0 Å². The molecule has 0 unspecified atom stereocenters. The van der Waals surface area contributed by atoms with Crippen molar-refractivity contribution in [3.8, 4) is 0 Å². The summed E-state index contributed by atoms with van der Waals surface area (Å²) in [5.74, 6) is 0. The Bertz CT molecular complexity index is 1500. The fraction of sp³-hybridized carbons (Fsp3) is 0.636. The van der Waals surface area contributed by atoms with Gasteiger partial charge in [-0.15, -0.1) is 12.4 Å². The molecule has 0 spiro atoms. The molecule has 51 heavy (non-hydrogen) atoms. The molecule has 2 saturated heterocycles. The topological polar surface area (TPSA) is 149 Å². The second-order valence-electron chi connectivity index (χ2n) is 14.5. The number of piperazine rings is 2. The number of hydrogen-bond acceptors (Lipinski definition) is 11. The maximum absolute atomic E-state index is 11.0. The van der Waals surface area contributed by atoms with E-state index in [2.05, 4.69) is 64.1 Å². The van der Waals surface area contributed by atoms with Gasteiger partial charge in [-0.2, -0.15) is 0 Å². The third kappa shape index (κ3) is 14.8. The van der Waals surface area contributed by atoms with Crippen LogP contribution in [0, 0.1) is 10.1 Å². The summed E-state index contributed by atoms with van der Waals surface area (Å²) in [5, 5.41) is 11.0. The summed E-state index contributed by atoms with van der Waals surface area (Å²) in [6.07, 6.45) is 2.16. The summed E-state index contributed by atoms with van der Waals surface area (Å²) in [6, 6.07) is 11.6. The second kappa shape index (κ2) is 20.6. The number of nitrogens with two attached hydrogens (primary N) is 1. The number of halogens is 2. The summed E-state index contributed by atoms with van der Waals surface area (Å²) in [5.41, 5.74) is 12.1. The number of likely N-dealkylation sites (N-methyl/N-ethyl adjacent to an activating group) is 2. The molecule has 0 aromatic heterocycles. The third-order valence-corrected chi connectivity index (χ3v) is 10.4. The zero-order valence-corrected chi connectivity index (χ0v) is 36.2. The molecule has 0 saturated carbocycles. The zero-order valence-electron chi connectivity index (χ0n) is 30.8. The van der Waals surface area contributed by atoms with Gasteiger partial charge in [0, 0.05) is 114 Å². The van der Waals surface area contributed by atoms with Gasteiger partial charge in [0.05, 0.1) is 66.4 Å². The quantitative estimate of drug-likeness (QED) is 0.0658. The molecule has 286 valence electrons. The van der Waals surface area contributed by atoms with Crippen molar-refractivity contribution in [2.75, 3.05) is 142 Å². The van der Waals surface area contributed by atoms with E-state index in [0.717, 1.165) is 75.2 Å². The molecule has 0 amide bonds. The summed E-state index contributed by atoms with van der Waals surface area (Å²) < 4.78 is 33.3. The van der Waals surface area contributed by atoms with Crippen LogP contribution in [0.5, 0.6) is 0 Å². The van der Waals surface area contributed by atoms with Gasteiger partial charge in [-0.05, 0) is 36.1 Å². The predicted octanol–water partition coefficient (Wildman–Crippen LogP) is -1.11. The number of nitro benzene ring substituents is 1. The number of nitrogens with zero attached hydrogens (tertiary/aromatic N) is 7.